The Hall–Kier alpha value is -1.75. The molecule has 2 heterocycles. The van der Waals surface area contributed by atoms with Crippen LogP contribution in [0.1, 0.15) is 62.5 Å². The Labute approximate surface area is 234 Å². The minimum Gasteiger partial charge on any atom is -0.497 e. The molecule has 0 unspecified atom stereocenters. The SMILES string of the molecule is COc1cc(C)c(S(=O)(=O)N(C)CCC(=O)N[C@H]2CC[C@H](N3CCC(CN4CC[C@H](F)C4)CC3)CC2)c(C)c1. The van der Waals surface area contributed by atoms with Crippen molar-refractivity contribution in [3.63, 3.8) is 0 Å². The van der Waals surface area contributed by atoms with Crippen LogP contribution in [0.2, 0.25) is 0 Å². The molecule has 0 spiro atoms. The fourth-order valence-electron chi connectivity index (χ4n) is 6.67. The second-order valence-electron chi connectivity index (χ2n) is 11.9. The molecule has 2 aliphatic heterocycles. The van der Waals surface area contributed by atoms with Gasteiger partial charge in [0.25, 0.3) is 0 Å². The number of likely N-dealkylation sites (tertiary alicyclic amines) is 2. The highest BCUT2D eigenvalue weighted by Crippen LogP contribution is 2.30. The normalized spacial score (nSPS) is 25.7. The molecule has 1 amide bonds. The molecule has 4 rings (SSSR count). The summed E-state index contributed by atoms with van der Waals surface area (Å²) in [6.07, 6.45) is 6.65. The summed E-state index contributed by atoms with van der Waals surface area (Å²) >= 11 is 0. The molecule has 1 aromatic carbocycles. The van der Waals surface area contributed by atoms with Crippen LogP contribution < -0.4 is 10.1 Å². The molecule has 1 aliphatic carbocycles. The molecule has 1 saturated carbocycles. The monoisotopic (exact) mass is 566 g/mol. The zero-order chi connectivity index (χ0) is 28.2. The van der Waals surface area contributed by atoms with Crippen molar-refractivity contribution in [2.45, 2.75) is 88.4 Å². The summed E-state index contributed by atoms with van der Waals surface area (Å²) in [6.45, 7) is 8.46. The molecule has 1 atom stereocenters. The molecular weight excluding hydrogens is 519 g/mol. The largest absolute Gasteiger partial charge is 0.497 e. The van der Waals surface area contributed by atoms with Crippen molar-refractivity contribution in [3.8, 4) is 5.75 Å². The summed E-state index contributed by atoms with van der Waals surface area (Å²) in [5.41, 5.74) is 1.26. The summed E-state index contributed by atoms with van der Waals surface area (Å²) in [4.78, 5) is 17.9. The number of nitrogens with zero attached hydrogens (tertiary/aromatic N) is 3. The topological polar surface area (TPSA) is 82.2 Å². The lowest BCUT2D eigenvalue weighted by Gasteiger charge is -2.41. The second kappa shape index (κ2) is 13.3. The first-order valence-corrected chi connectivity index (χ1v) is 16.0. The number of benzene rings is 1. The molecule has 3 aliphatic rings. The summed E-state index contributed by atoms with van der Waals surface area (Å²) in [5, 5.41) is 3.15. The summed E-state index contributed by atoms with van der Waals surface area (Å²) < 4.78 is 46.4. The van der Waals surface area contributed by atoms with Gasteiger partial charge < -0.3 is 19.9 Å². The Morgan fingerprint density at radius 3 is 2.26 bits per heavy atom. The lowest BCUT2D eigenvalue weighted by Crippen LogP contribution is -2.47. The third-order valence-electron chi connectivity index (χ3n) is 8.95. The number of methoxy groups -OCH3 is 1. The number of halogens is 1. The third kappa shape index (κ3) is 7.71. The van der Waals surface area contributed by atoms with E-state index >= 15 is 0 Å². The van der Waals surface area contributed by atoms with Gasteiger partial charge in [-0.3, -0.25) is 4.79 Å². The van der Waals surface area contributed by atoms with Gasteiger partial charge in [-0.1, -0.05) is 0 Å². The number of nitrogens with one attached hydrogen (secondary N) is 1. The number of piperidine rings is 1. The molecule has 220 valence electrons. The highest BCUT2D eigenvalue weighted by atomic mass is 32.2. The van der Waals surface area contributed by atoms with Crippen LogP contribution >= 0.6 is 0 Å². The Morgan fingerprint density at radius 2 is 1.69 bits per heavy atom. The van der Waals surface area contributed by atoms with Crippen LogP contribution in [0, 0.1) is 19.8 Å². The van der Waals surface area contributed by atoms with Crippen molar-refractivity contribution >= 4 is 15.9 Å². The first-order valence-electron chi connectivity index (χ1n) is 14.6. The van der Waals surface area contributed by atoms with Crippen LogP contribution in [0.25, 0.3) is 0 Å². The number of alkyl halides is 1. The predicted octanol–water partition coefficient (Wildman–Crippen LogP) is 3.51. The zero-order valence-electron chi connectivity index (χ0n) is 24.1. The van der Waals surface area contributed by atoms with Gasteiger partial charge in [0.1, 0.15) is 11.9 Å². The van der Waals surface area contributed by atoms with E-state index in [0.717, 1.165) is 51.9 Å². The molecule has 2 saturated heterocycles. The fourth-order valence-corrected chi connectivity index (χ4v) is 8.25. The van der Waals surface area contributed by atoms with Crippen LogP contribution in [-0.4, -0.2) is 100 Å². The molecule has 1 aromatic rings. The van der Waals surface area contributed by atoms with E-state index in [1.54, 1.807) is 33.1 Å². The molecule has 0 aromatic heterocycles. The van der Waals surface area contributed by atoms with Crippen LogP contribution in [-0.2, 0) is 14.8 Å². The lowest BCUT2D eigenvalue weighted by molar-refractivity contribution is -0.122. The summed E-state index contributed by atoms with van der Waals surface area (Å²) in [6, 6.07) is 4.17. The molecule has 39 heavy (non-hydrogen) atoms. The lowest BCUT2D eigenvalue weighted by atomic mass is 9.87. The average molecular weight is 567 g/mol. The van der Waals surface area contributed by atoms with E-state index in [4.69, 9.17) is 4.74 Å². The van der Waals surface area contributed by atoms with Gasteiger partial charge in [-0.25, -0.2) is 17.1 Å². The van der Waals surface area contributed by atoms with Crippen LogP contribution in [0.5, 0.6) is 5.75 Å². The maximum Gasteiger partial charge on any atom is 0.243 e. The van der Waals surface area contributed by atoms with Gasteiger partial charge in [0.2, 0.25) is 15.9 Å². The second-order valence-corrected chi connectivity index (χ2v) is 13.8. The fraction of sp³-hybridized carbons (Fsp3) is 0.759. The van der Waals surface area contributed by atoms with E-state index in [1.165, 1.54) is 24.2 Å². The molecule has 8 nitrogen and oxygen atoms in total. The van der Waals surface area contributed by atoms with Crippen molar-refractivity contribution in [1.82, 2.24) is 19.4 Å². The van der Waals surface area contributed by atoms with Crippen molar-refractivity contribution in [3.05, 3.63) is 23.3 Å². The molecule has 0 radical (unpaired) electrons. The quantitative estimate of drug-likeness (QED) is 0.467. The van der Waals surface area contributed by atoms with Gasteiger partial charge in [0.05, 0.1) is 12.0 Å². The van der Waals surface area contributed by atoms with E-state index in [2.05, 4.69) is 15.1 Å². The van der Waals surface area contributed by atoms with E-state index in [-0.39, 0.29) is 29.8 Å². The number of hydrogen-bond acceptors (Lipinski definition) is 6. The van der Waals surface area contributed by atoms with Crippen LogP contribution in [0.3, 0.4) is 0 Å². The van der Waals surface area contributed by atoms with Gasteiger partial charge in [0.15, 0.2) is 0 Å². The van der Waals surface area contributed by atoms with Crippen LogP contribution in [0.15, 0.2) is 17.0 Å². The van der Waals surface area contributed by atoms with Gasteiger partial charge >= 0.3 is 0 Å². The standard InChI is InChI=1S/C29H47FN4O4S/c1-21-17-27(38-4)18-22(2)29(21)39(36,37)32(3)13-12-28(35)31-25-5-7-26(8-6-25)34-15-9-23(10-16-34)19-33-14-11-24(30)20-33/h17-18,23-26H,5-16,19-20H2,1-4H3,(H,31,35)/t24-,25-,26-/m0/s1. The number of hydrogen-bond donors (Lipinski definition) is 1. The van der Waals surface area contributed by atoms with E-state index in [0.29, 0.717) is 41.8 Å². The maximum atomic E-state index is 13.5. The van der Waals surface area contributed by atoms with Gasteiger partial charge in [-0.2, -0.15) is 0 Å². The first kappa shape index (κ1) is 30.2. The molecular formula is C29H47FN4O4S. The number of ether oxygens (including phenoxy) is 1. The number of aryl methyl sites for hydroxylation is 2. The average Bonchev–Trinajstić information content (AvgIpc) is 3.31. The number of carbonyl (C=O) groups excluding carboxylic acids is 1. The smallest absolute Gasteiger partial charge is 0.243 e. The minimum absolute atomic E-state index is 0.0954. The highest BCUT2D eigenvalue weighted by molar-refractivity contribution is 7.89. The molecule has 0 bridgehead atoms. The number of amides is 1. The third-order valence-corrected chi connectivity index (χ3v) is 11.1. The molecule has 3 fully saturated rings. The van der Waals surface area contributed by atoms with E-state index in [9.17, 15) is 17.6 Å². The highest BCUT2D eigenvalue weighted by Gasteiger charge is 2.32. The molecule has 1 N–H and O–H groups in total. The van der Waals surface area contributed by atoms with E-state index < -0.39 is 16.2 Å². The minimum atomic E-state index is -3.71. The molecule has 10 heteroatoms. The Balaban J connectivity index is 1.17. The maximum absolute atomic E-state index is 13.5. The van der Waals surface area contributed by atoms with E-state index in [1.807, 2.05) is 0 Å². The van der Waals surface area contributed by atoms with Crippen molar-refractivity contribution in [2.24, 2.45) is 5.92 Å². The van der Waals surface area contributed by atoms with Gasteiger partial charge in [0, 0.05) is 51.7 Å². The zero-order valence-corrected chi connectivity index (χ0v) is 24.9. The van der Waals surface area contributed by atoms with Gasteiger partial charge in [-0.15, -0.1) is 0 Å². The first-order chi connectivity index (χ1) is 18.6. The predicted molar refractivity (Wildman–Crippen MR) is 151 cm³/mol. The van der Waals surface area contributed by atoms with Gasteiger partial charge in [-0.05, 0) is 101 Å². The Morgan fingerprint density at radius 1 is 1.05 bits per heavy atom. The number of carbonyl (C=O) groups is 1. The summed E-state index contributed by atoms with van der Waals surface area (Å²) in [7, 11) is -0.625. The Bertz CT molecular complexity index is 1060. The van der Waals surface area contributed by atoms with Crippen molar-refractivity contribution < 1.29 is 22.3 Å². The van der Waals surface area contributed by atoms with Crippen LogP contribution in [0.4, 0.5) is 4.39 Å². The number of rotatable bonds is 10. The van der Waals surface area contributed by atoms with Crippen molar-refractivity contribution in [1.29, 1.82) is 0 Å². The van der Waals surface area contributed by atoms with Crippen molar-refractivity contribution in [2.75, 3.05) is 53.4 Å². The summed E-state index contributed by atoms with van der Waals surface area (Å²) in [5.74, 6) is 1.21. The Kier molecular flexibility index (Phi) is 10.3. The number of sulfonamides is 1.